The average Bonchev–Trinajstić information content (AvgIpc) is 2.51. The van der Waals surface area contributed by atoms with Crippen LogP contribution in [0.5, 0.6) is 5.75 Å². The fourth-order valence-electron chi connectivity index (χ4n) is 2.10. The van der Waals surface area contributed by atoms with Crippen LogP contribution in [0.4, 0.5) is 0 Å². The van der Waals surface area contributed by atoms with Crippen molar-refractivity contribution >= 4 is 11.6 Å². The largest absolute Gasteiger partial charge is 0.492 e. The van der Waals surface area contributed by atoms with Crippen molar-refractivity contribution in [2.45, 2.75) is 25.8 Å². The number of ether oxygens (including phenoxy) is 1. The molecule has 0 saturated heterocycles. The van der Waals surface area contributed by atoms with Gasteiger partial charge in [0.25, 0.3) is 0 Å². The SMILES string of the molecule is CCCNC(COc1cccc(Cl)c1)Cc1ccncc1. The van der Waals surface area contributed by atoms with Crippen LogP contribution in [0.3, 0.4) is 0 Å². The molecule has 1 heterocycles. The maximum Gasteiger partial charge on any atom is 0.120 e. The van der Waals surface area contributed by atoms with Crippen molar-refractivity contribution in [1.29, 1.82) is 0 Å². The Balaban J connectivity index is 1.92. The lowest BCUT2D eigenvalue weighted by molar-refractivity contribution is 0.263. The lowest BCUT2D eigenvalue weighted by Gasteiger charge is -2.19. The second-order valence-electron chi connectivity index (χ2n) is 4.98. The molecule has 0 spiro atoms. The van der Waals surface area contributed by atoms with E-state index >= 15 is 0 Å². The normalized spacial score (nSPS) is 12.1. The van der Waals surface area contributed by atoms with Crippen LogP contribution in [-0.4, -0.2) is 24.2 Å². The smallest absolute Gasteiger partial charge is 0.120 e. The number of nitrogens with zero attached hydrogens (tertiary/aromatic N) is 1. The highest BCUT2D eigenvalue weighted by Gasteiger charge is 2.10. The summed E-state index contributed by atoms with van der Waals surface area (Å²) in [4.78, 5) is 4.05. The Labute approximate surface area is 131 Å². The number of hydrogen-bond donors (Lipinski definition) is 1. The molecule has 0 radical (unpaired) electrons. The number of nitrogens with one attached hydrogen (secondary N) is 1. The Kier molecular flexibility index (Phi) is 6.51. The lowest BCUT2D eigenvalue weighted by Crippen LogP contribution is -2.37. The van der Waals surface area contributed by atoms with E-state index in [1.807, 2.05) is 48.8 Å². The molecule has 112 valence electrons. The third kappa shape index (κ3) is 5.74. The van der Waals surface area contributed by atoms with Gasteiger partial charge in [-0.2, -0.15) is 0 Å². The quantitative estimate of drug-likeness (QED) is 0.807. The van der Waals surface area contributed by atoms with Crippen molar-refractivity contribution in [3.05, 3.63) is 59.4 Å². The Morgan fingerprint density at radius 2 is 2.05 bits per heavy atom. The van der Waals surface area contributed by atoms with Crippen LogP contribution in [-0.2, 0) is 6.42 Å². The molecule has 4 heteroatoms. The lowest BCUT2D eigenvalue weighted by atomic mass is 10.1. The Bertz CT molecular complexity index is 533. The van der Waals surface area contributed by atoms with Crippen LogP contribution in [0.15, 0.2) is 48.8 Å². The van der Waals surface area contributed by atoms with E-state index in [-0.39, 0.29) is 6.04 Å². The highest BCUT2D eigenvalue weighted by atomic mass is 35.5. The summed E-state index contributed by atoms with van der Waals surface area (Å²) in [6.07, 6.45) is 5.67. The zero-order valence-electron chi connectivity index (χ0n) is 12.3. The van der Waals surface area contributed by atoms with Crippen molar-refractivity contribution in [3.63, 3.8) is 0 Å². The van der Waals surface area contributed by atoms with Gasteiger partial charge < -0.3 is 10.1 Å². The first kappa shape index (κ1) is 15.8. The van der Waals surface area contributed by atoms with Gasteiger partial charge in [0.05, 0.1) is 0 Å². The van der Waals surface area contributed by atoms with E-state index in [9.17, 15) is 0 Å². The van der Waals surface area contributed by atoms with Gasteiger partial charge in [-0.15, -0.1) is 0 Å². The van der Waals surface area contributed by atoms with Gasteiger partial charge in [-0.05, 0) is 55.3 Å². The molecule has 21 heavy (non-hydrogen) atoms. The van der Waals surface area contributed by atoms with Crippen LogP contribution in [0.2, 0.25) is 5.02 Å². The third-order valence-electron chi connectivity index (χ3n) is 3.16. The first-order chi connectivity index (χ1) is 10.3. The van der Waals surface area contributed by atoms with Gasteiger partial charge in [0.1, 0.15) is 12.4 Å². The molecule has 0 bridgehead atoms. The highest BCUT2D eigenvalue weighted by molar-refractivity contribution is 6.30. The Morgan fingerprint density at radius 1 is 1.24 bits per heavy atom. The molecule has 1 atom stereocenters. The highest BCUT2D eigenvalue weighted by Crippen LogP contribution is 2.17. The summed E-state index contributed by atoms with van der Waals surface area (Å²) in [6, 6.07) is 11.9. The second kappa shape index (κ2) is 8.65. The van der Waals surface area contributed by atoms with Crippen molar-refractivity contribution in [2.75, 3.05) is 13.2 Å². The van der Waals surface area contributed by atoms with Gasteiger partial charge in [-0.25, -0.2) is 0 Å². The number of aromatic nitrogens is 1. The minimum absolute atomic E-state index is 0.270. The third-order valence-corrected chi connectivity index (χ3v) is 3.40. The van der Waals surface area contributed by atoms with Crippen molar-refractivity contribution in [2.24, 2.45) is 0 Å². The van der Waals surface area contributed by atoms with Crippen LogP contribution in [0.1, 0.15) is 18.9 Å². The zero-order chi connectivity index (χ0) is 14.9. The molecule has 0 fully saturated rings. The number of rotatable bonds is 8. The van der Waals surface area contributed by atoms with Gasteiger partial charge in [0.2, 0.25) is 0 Å². The average molecular weight is 305 g/mol. The topological polar surface area (TPSA) is 34.1 Å². The summed E-state index contributed by atoms with van der Waals surface area (Å²) in [5, 5.41) is 4.22. The molecule has 1 N–H and O–H groups in total. The molecule has 1 aromatic heterocycles. The van der Waals surface area contributed by atoms with Gasteiger partial charge in [0, 0.05) is 23.5 Å². The van der Waals surface area contributed by atoms with E-state index in [0.717, 1.165) is 25.1 Å². The Hall–Kier alpha value is -1.58. The molecule has 0 amide bonds. The number of halogens is 1. The van der Waals surface area contributed by atoms with E-state index in [1.54, 1.807) is 0 Å². The number of hydrogen-bond acceptors (Lipinski definition) is 3. The molecular formula is C17H21ClN2O. The van der Waals surface area contributed by atoms with Gasteiger partial charge in [-0.3, -0.25) is 4.98 Å². The molecule has 3 nitrogen and oxygen atoms in total. The zero-order valence-corrected chi connectivity index (χ0v) is 13.0. The van der Waals surface area contributed by atoms with Crippen LogP contribution in [0.25, 0.3) is 0 Å². The molecule has 2 aromatic rings. The minimum atomic E-state index is 0.270. The van der Waals surface area contributed by atoms with E-state index in [2.05, 4.69) is 17.2 Å². The Morgan fingerprint density at radius 3 is 2.76 bits per heavy atom. The van der Waals surface area contributed by atoms with Crippen LogP contribution < -0.4 is 10.1 Å². The summed E-state index contributed by atoms with van der Waals surface area (Å²) < 4.78 is 5.86. The van der Waals surface area contributed by atoms with Gasteiger partial charge in [-0.1, -0.05) is 24.6 Å². The van der Waals surface area contributed by atoms with Crippen LogP contribution >= 0.6 is 11.6 Å². The van der Waals surface area contributed by atoms with Crippen molar-refractivity contribution < 1.29 is 4.74 Å². The standard InChI is InChI=1S/C17H21ClN2O/c1-2-8-20-16(11-14-6-9-19-10-7-14)13-21-17-5-3-4-15(18)12-17/h3-7,9-10,12,16,20H,2,8,11,13H2,1H3. The van der Waals surface area contributed by atoms with E-state index in [1.165, 1.54) is 5.56 Å². The van der Waals surface area contributed by atoms with E-state index < -0.39 is 0 Å². The summed E-state index contributed by atoms with van der Waals surface area (Å²) in [6.45, 7) is 3.76. The van der Waals surface area contributed by atoms with Crippen molar-refractivity contribution in [3.8, 4) is 5.75 Å². The summed E-state index contributed by atoms with van der Waals surface area (Å²) in [5.41, 5.74) is 1.26. The van der Waals surface area contributed by atoms with Crippen LogP contribution in [0, 0.1) is 0 Å². The molecule has 0 saturated carbocycles. The fraction of sp³-hybridized carbons (Fsp3) is 0.353. The molecule has 1 unspecified atom stereocenters. The molecule has 0 aliphatic carbocycles. The van der Waals surface area contributed by atoms with Gasteiger partial charge >= 0.3 is 0 Å². The molecule has 2 rings (SSSR count). The summed E-state index contributed by atoms with van der Waals surface area (Å²) in [7, 11) is 0. The predicted octanol–water partition coefficient (Wildman–Crippen LogP) is 3.72. The first-order valence-corrected chi connectivity index (χ1v) is 7.66. The predicted molar refractivity (Wildman–Crippen MR) is 87.0 cm³/mol. The first-order valence-electron chi connectivity index (χ1n) is 7.28. The fourth-order valence-corrected chi connectivity index (χ4v) is 2.28. The monoisotopic (exact) mass is 304 g/mol. The minimum Gasteiger partial charge on any atom is -0.492 e. The summed E-state index contributed by atoms with van der Waals surface area (Å²) >= 11 is 5.97. The number of pyridine rings is 1. The molecule has 0 aliphatic rings. The van der Waals surface area contributed by atoms with E-state index in [4.69, 9.17) is 16.3 Å². The maximum absolute atomic E-state index is 5.97. The summed E-state index contributed by atoms with van der Waals surface area (Å²) in [5.74, 6) is 0.806. The number of benzene rings is 1. The molecule has 0 aliphatic heterocycles. The molecular weight excluding hydrogens is 284 g/mol. The molecule has 1 aromatic carbocycles. The van der Waals surface area contributed by atoms with E-state index in [0.29, 0.717) is 11.6 Å². The van der Waals surface area contributed by atoms with Crippen molar-refractivity contribution in [1.82, 2.24) is 10.3 Å². The second-order valence-corrected chi connectivity index (χ2v) is 5.42. The van der Waals surface area contributed by atoms with Gasteiger partial charge in [0.15, 0.2) is 0 Å². The maximum atomic E-state index is 5.97.